The summed E-state index contributed by atoms with van der Waals surface area (Å²) in [7, 11) is 1.81. The largest absolute Gasteiger partial charge is 0.468 e. The number of aliphatic imine (C=N–C) groups is 1. The van der Waals surface area contributed by atoms with Crippen LogP contribution in [0, 0.1) is 0 Å². The maximum Gasteiger partial charge on any atom is 0.191 e. The second-order valence-electron chi connectivity index (χ2n) is 6.02. The summed E-state index contributed by atoms with van der Waals surface area (Å²) in [5.41, 5.74) is 0. The monoisotopic (exact) mass is 340 g/mol. The zero-order valence-electron chi connectivity index (χ0n) is 15.3. The number of thioether (sulfide) groups is 1. The number of likely N-dealkylation sites (N-methyl/N-ethyl adjacent to an activating group) is 1. The van der Waals surface area contributed by atoms with Crippen LogP contribution in [-0.4, -0.2) is 55.1 Å². The number of rotatable bonds is 9. The summed E-state index contributed by atoms with van der Waals surface area (Å²) in [4.78, 5) is 6.71. The Morgan fingerprint density at radius 2 is 2.04 bits per heavy atom. The fourth-order valence-corrected chi connectivity index (χ4v) is 2.55. The molecule has 0 aliphatic heterocycles. The molecule has 1 rings (SSSR count). The lowest BCUT2D eigenvalue weighted by Crippen LogP contribution is -2.46. The first kappa shape index (κ1) is 19.9. The van der Waals surface area contributed by atoms with Gasteiger partial charge in [-0.25, -0.2) is 0 Å². The number of hydrogen-bond acceptors (Lipinski definition) is 4. The number of furan rings is 1. The molecule has 6 heteroatoms. The fourth-order valence-electron chi connectivity index (χ4n) is 2.34. The lowest BCUT2D eigenvalue weighted by molar-refractivity contribution is 0.193. The molecule has 0 saturated carbocycles. The van der Waals surface area contributed by atoms with E-state index in [1.807, 2.05) is 23.9 Å². The predicted molar refractivity (Wildman–Crippen MR) is 101 cm³/mol. The Hall–Kier alpha value is -1.14. The minimum Gasteiger partial charge on any atom is -0.468 e. The Morgan fingerprint density at radius 3 is 2.52 bits per heavy atom. The van der Waals surface area contributed by atoms with E-state index in [4.69, 9.17) is 4.42 Å². The summed E-state index contributed by atoms with van der Waals surface area (Å²) in [6.07, 6.45) is 3.87. The standard InChI is InChI=1S/C17H32N4OS/c1-7-21(8-2)14(15-10-9-11-22-15)12-19-16(18-5)20-13-17(3,4)23-6/h9-11,14H,7-8,12-13H2,1-6H3,(H2,18,19,20). The molecule has 0 aliphatic carbocycles. The van der Waals surface area contributed by atoms with Gasteiger partial charge in [0.05, 0.1) is 12.3 Å². The minimum atomic E-state index is 0.177. The van der Waals surface area contributed by atoms with Crippen LogP contribution in [0.5, 0.6) is 0 Å². The molecular formula is C17H32N4OS. The van der Waals surface area contributed by atoms with E-state index < -0.39 is 0 Å². The van der Waals surface area contributed by atoms with E-state index in [1.54, 1.807) is 13.3 Å². The molecule has 0 saturated heterocycles. The highest BCUT2D eigenvalue weighted by Gasteiger charge is 2.21. The molecule has 5 nitrogen and oxygen atoms in total. The van der Waals surface area contributed by atoms with Gasteiger partial charge in [0.2, 0.25) is 0 Å². The van der Waals surface area contributed by atoms with Crippen molar-refractivity contribution < 1.29 is 4.42 Å². The van der Waals surface area contributed by atoms with Crippen molar-refractivity contribution in [1.29, 1.82) is 0 Å². The normalized spacial score (nSPS) is 14.1. The summed E-state index contributed by atoms with van der Waals surface area (Å²) < 4.78 is 5.81. The van der Waals surface area contributed by atoms with Gasteiger partial charge >= 0.3 is 0 Å². The third-order valence-corrected chi connectivity index (χ3v) is 5.29. The Labute approximate surface area is 145 Å². The van der Waals surface area contributed by atoms with Gasteiger partial charge in [0.25, 0.3) is 0 Å². The third-order valence-electron chi connectivity index (χ3n) is 4.05. The second kappa shape index (κ2) is 9.88. The highest BCUT2D eigenvalue weighted by molar-refractivity contribution is 7.99. The number of nitrogens with one attached hydrogen (secondary N) is 2. The summed E-state index contributed by atoms with van der Waals surface area (Å²) in [6.45, 7) is 12.4. The van der Waals surface area contributed by atoms with Crippen LogP contribution in [0.1, 0.15) is 39.5 Å². The van der Waals surface area contributed by atoms with E-state index in [1.165, 1.54) is 0 Å². The van der Waals surface area contributed by atoms with Crippen molar-refractivity contribution in [3.05, 3.63) is 24.2 Å². The van der Waals surface area contributed by atoms with Crippen LogP contribution in [0.4, 0.5) is 0 Å². The second-order valence-corrected chi connectivity index (χ2v) is 7.54. The average Bonchev–Trinajstić information content (AvgIpc) is 3.08. The SMILES string of the molecule is CCN(CC)C(CNC(=NC)NCC(C)(C)SC)c1ccco1. The van der Waals surface area contributed by atoms with E-state index in [-0.39, 0.29) is 10.8 Å². The molecule has 1 heterocycles. The van der Waals surface area contributed by atoms with Crippen molar-refractivity contribution in [3.8, 4) is 0 Å². The van der Waals surface area contributed by atoms with Gasteiger partial charge in [-0.2, -0.15) is 11.8 Å². The van der Waals surface area contributed by atoms with Crippen molar-refractivity contribution in [2.45, 2.75) is 38.5 Å². The number of hydrogen-bond donors (Lipinski definition) is 2. The summed E-state index contributed by atoms with van der Waals surface area (Å²) >= 11 is 1.85. The van der Waals surface area contributed by atoms with Crippen LogP contribution in [0.25, 0.3) is 0 Å². The maximum absolute atomic E-state index is 5.63. The number of nitrogens with zero attached hydrogens (tertiary/aromatic N) is 2. The molecule has 0 fully saturated rings. The topological polar surface area (TPSA) is 52.8 Å². The van der Waals surface area contributed by atoms with Crippen LogP contribution in [0.2, 0.25) is 0 Å². The van der Waals surface area contributed by atoms with E-state index in [0.717, 1.165) is 37.9 Å². The van der Waals surface area contributed by atoms with Crippen molar-refractivity contribution in [1.82, 2.24) is 15.5 Å². The first-order valence-electron chi connectivity index (χ1n) is 8.24. The molecule has 0 radical (unpaired) electrons. The predicted octanol–water partition coefficient (Wildman–Crippen LogP) is 2.97. The zero-order valence-corrected chi connectivity index (χ0v) is 16.2. The first-order valence-corrected chi connectivity index (χ1v) is 9.47. The molecule has 1 aromatic heterocycles. The molecule has 0 bridgehead atoms. The molecule has 0 aromatic carbocycles. The smallest absolute Gasteiger partial charge is 0.191 e. The van der Waals surface area contributed by atoms with E-state index in [2.05, 4.69) is 54.5 Å². The van der Waals surface area contributed by atoms with E-state index in [0.29, 0.717) is 0 Å². The molecule has 132 valence electrons. The third kappa shape index (κ3) is 6.47. The van der Waals surface area contributed by atoms with Crippen molar-refractivity contribution in [2.75, 3.05) is 39.5 Å². The molecular weight excluding hydrogens is 308 g/mol. The van der Waals surface area contributed by atoms with Crippen molar-refractivity contribution >= 4 is 17.7 Å². The van der Waals surface area contributed by atoms with Gasteiger partial charge < -0.3 is 15.1 Å². The van der Waals surface area contributed by atoms with Crippen molar-refractivity contribution in [3.63, 3.8) is 0 Å². The first-order chi connectivity index (χ1) is 11.0. The van der Waals surface area contributed by atoms with Gasteiger partial charge in [0.1, 0.15) is 5.76 Å². The van der Waals surface area contributed by atoms with Gasteiger partial charge in [0, 0.05) is 24.9 Å². The van der Waals surface area contributed by atoms with Crippen molar-refractivity contribution in [2.24, 2.45) is 4.99 Å². The quantitative estimate of drug-likeness (QED) is 0.535. The molecule has 1 atom stereocenters. The molecule has 0 spiro atoms. The van der Waals surface area contributed by atoms with Crippen LogP contribution < -0.4 is 10.6 Å². The number of guanidine groups is 1. The Bertz CT molecular complexity index is 455. The lowest BCUT2D eigenvalue weighted by atomic mass is 10.2. The van der Waals surface area contributed by atoms with E-state index >= 15 is 0 Å². The van der Waals surface area contributed by atoms with Gasteiger partial charge in [-0.1, -0.05) is 13.8 Å². The van der Waals surface area contributed by atoms with Gasteiger partial charge in [0.15, 0.2) is 5.96 Å². The summed E-state index contributed by atoms with van der Waals surface area (Å²) in [5.74, 6) is 1.82. The summed E-state index contributed by atoms with van der Waals surface area (Å²) in [6, 6.07) is 4.18. The van der Waals surface area contributed by atoms with Gasteiger partial charge in [-0.15, -0.1) is 0 Å². The molecule has 2 N–H and O–H groups in total. The lowest BCUT2D eigenvalue weighted by Gasteiger charge is -2.29. The average molecular weight is 341 g/mol. The van der Waals surface area contributed by atoms with Crippen LogP contribution in [0.3, 0.4) is 0 Å². The maximum atomic E-state index is 5.63. The van der Waals surface area contributed by atoms with Crippen LogP contribution in [0.15, 0.2) is 27.8 Å². The molecule has 0 aliphatic rings. The van der Waals surface area contributed by atoms with Gasteiger partial charge in [-0.3, -0.25) is 9.89 Å². The highest BCUT2D eigenvalue weighted by atomic mass is 32.2. The Balaban J connectivity index is 2.66. The molecule has 1 unspecified atom stereocenters. The highest BCUT2D eigenvalue weighted by Crippen LogP contribution is 2.21. The summed E-state index contributed by atoms with van der Waals surface area (Å²) in [5, 5.41) is 6.84. The minimum absolute atomic E-state index is 0.177. The van der Waals surface area contributed by atoms with Crippen LogP contribution >= 0.6 is 11.8 Å². The molecule has 23 heavy (non-hydrogen) atoms. The zero-order chi connectivity index (χ0) is 17.3. The molecule has 1 aromatic rings. The fraction of sp³-hybridized carbons (Fsp3) is 0.706. The van der Waals surface area contributed by atoms with Crippen LogP contribution in [-0.2, 0) is 0 Å². The van der Waals surface area contributed by atoms with E-state index in [9.17, 15) is 0 Å². The Kier molecular flexibility index (Phi) is 8.55. The molecule has 0 amide bonds. The Morgan fingerprint density at radius 1 is 1.35 bits per heavy atom. The van der Waals surface area contributed by atoms with Gasteiger partial charge in [-0.05, 0) is 45.3 Å².